The Kier molecular flexibility index (Phi) is 6.72. The minimum atomic E-state index is -0.685. The van der Waals surface area contributed by atoms with Crippen molar-refractivity contribution in [2.45, 2.75) is 44.9 Å². The van der Waals surface area contributed by atoms with Crippen LogP contribution < -0.4 is 20.7 Å². The van der Waals surface area contributed by atoms with Crippen LogP contribution in [0.3, 0.4) is 0 Å². The molecule has 1 aliphatic carbocycles. The number of hydrogen-bond acceptors (Lipinski definition) is 9. The van der Waals surface area contributed by atoms with Crippen LogP contribution in [0.25, 0.3) is 11.3 Å². The molecule has 0 unspecified atom stereocenters. The van der Waals surface area contributed by atoms with Gasteiger partial charge in [-0.25, -0.2) is 19.7 Å². The Hall–Kier alpha value is -3.28. The van der Waals surface area contributed by atoms with E-state index in [1.54, 1.807) is 11.9 Å². The number of nitrogens with one attached hydrogen (secondary N) is 1. The number of nitrogen functional groups attached to an aromatic ring is 1. The van der Waals surface area contributed by atoms with Gasteiger partial charge in [0.05, 0.1) is 13.2 Å². The van der Waals surface area contributed by atoms with Crippen LogP contribution in [0.5, 0.6) is 5.88 Å². The molecule has 11 nitrogen and oxygen atoms in total. The van der Waals surface area contributed by atoms with Crippen LogP contribution >= 0.6 is 0 Å². The molecule has 1 saturated carbocycles. The molecule has 33 heavy (non-hydrogen) atoms. The SMILES string of the molecule is CC(C)NC(=O)N(C)[C@H]1C[C@H](Oc2nc(N3CCOCC3)nc(-c3cnc(N)nc3)c2F)C1. The first-order valence-corrected chi connectivity index (χ1v) is 11.0. The minimum absolute atomic E-state index is 0.0160. The van der Waals surface area contributed by atoms with Crippen molar-refractivity contribution in [3.8, 4) is 17.1 Å². The zero-order valence-corrected chi connectivity index (χ0v) is 19.0. The number of anilines is 2. The second-order valence-electron chi connectivity index (χ2n) is 8.50. The van der Waals surface area contributed by atoms with E-state index in [0.717, 1.165) is 0 Å². The Bertz CT molecular complexity index is 978. The second kappa shape index (κ2) is 9.69. The van der Waals surface area contributed by atoms with Crippen molar-refractivity contribution in [3.63, 3.8) is 0 Å². The van der Waals surface area contributed by atoms with Gasteiger partial charge in [0.15, 0.2) is 0 Å². The Morgan fingerprint density at radius 3 is 2.58 bits per heavy atom. The van der Waals surface area contributed by atoms with Gasteiger partial charge in [0, 0.05) is 63.0 Å². The number of nitrogens with two attached hydrogens (primary N) is 1. The first kappa shape index (κ1) is 22.9. The van der Waals surface area contributed by atoms with Crippen molar-refractivity contribution in [3.05, 3.63) is 18.2 Å². The fraction of sp³-hybridized carbons (Fsp3) is 0.571. The summed E-state index contributed by atoms with van der Waals surface area (Å²) in [4.78, 5) is 32.5. The monoisotopic (exact) mass is 460 g/mol. The van der Waals surface area contributed by atoms with Crippen LogP contribution in [0.2, 0.25) is 0 Å². The van der Waals surface area contributed by atoms with E-state index in [0.29, 0.717) is 50.7 Å². The number of carbonyl (C=O) groups is 1. The third-order valence-corrected chi connectivity index (χ3v) is 5.68. The van der Waals surface area contributed by atoms with Crippen LogP contribution in [0.4, 0.5) is 21.1 Å². The fourth-order valence-electron chi connectivity index (χ4n) is 3.67. The number of amides is 2. The molecular formula is C21H29FN8O3. The third-order valence-electron chi connectivity index (χ3n) is 5.68. The quantitative estimate of drug-likeness (QED) is 0.657. The van der Waals surface area contributed by atoms with E-state index in [-0.39, 0.29) is 41.7 Å². The van der Waals surface area contributed by atoms with Crippen molar-refractivity contribution in [1.82, 2.24) is 30.2 Å². The standard InChI is InChI=1S/C21H29FN8O3/c1-12(2)26-21(31)29(3)14-8-15(9-14)33-18-16(22)17(13-10-24-19(23)25-11-13)27-20(28-18)30-4-6-32-7-5-30/h10-12,14-15H,4-9H2,1-3H3,(H,26,31)(H2,23,24,25)/t14-,15-. The van der Waals surface area contributed by atoms with Crippen LogP contribution in [0.15, 0.2) is 12.4 Å². The number of morpholine rings is 1. The van der Waals surface area contributed by atoms with E-state index < -0.39 is 5.82 Å². The number of ether oxygens (including phenoxy) is 2. The maximum Gasteiger partial charge on any atom is 0.317 e. The van der Waals surface area contributed by atoms with Gasteiger partial charge in [-0.3, -0.25) is 0 Å². The number of hydrogen-bond donors (Lipinski definition) is 2. The van der Waals surface area contributed by atoms with E-state index in [2.05, 4.69) is 25.3 Å². The molecule has 2 aromatic heterocycles. The summed E-state index contributed by atoms with van der Waals surface area (Å²) >= 11 is 0. The van der Waals surface area contributed by atoms with Crippen LogP contribution in [-0.4, -0.2) is 82.4 Å². The van der Waals surface area contributed by atoms with E-state index in [1.165, 1.54) is 12.4 Å². The highest BCUT2D eigenvalue weighted by atomic mass is 19.1. The largest absolute Gasteiger partial charge is 0.472 e. The van der Waals surface area contributed by atoms with Crippen molar-refractivity contribution in [2.24, 2.45) is 0 Å². The minimum Gasteiger partial charge on any atom is -0.472 e. The predicted octanol–water partition coefficient (Wildman–Crippen LogP) is 1.45. The van der Waals surface area contributed by atoms with Gasteiger partial charge in [-0.1, -0.05) is 0 Å². The molecule has 0 radical (unpaired) electrons. The van der Waals surface area contributed by atoms with E-state index in [9.17, 15) is 4.79 Å². The molecule has 2 aromatic rings. The topological polar surface area (TPSA) is 132 Å². The summed E-state index contributed by atoms with van der Waals surface area (Å²) < 4.78 is 26.7. The van der Waals surface area contributed by atoms with Crippen molar-refractivity contribution >= 4 is 17.9 Å². The molecule has 3 heterocycles. The number of rotatable bonds is 6. The fourth-order valence-corrected chi connectivity index (χ4v) is 3.67. The van der Waals surface area contributed by atoms with E-state index in [1.807, 2.05) is 18.7 Å². The molecule has 178 valence electrons. The number of urea groups is 1. The summed E-state index contributed by atoms with van der Waals surface area (Å²) in [7, 11) is 1.75. The van der Waals surface area contributed by atoms with Gasteiger partial charge in [-0.15, -0.1) is 0 Å². The first-order valence-electron chi connectivity index (χ1n) is 11.0. The first-order chi connectivity index (χ1) is 15.8. The average Bonchev–Trinajstić information content (AvgIpc) is 2.77. The Labute approximate surface area is 191 Å². The Balaban J connectivity index is 1.53. The normalized spacial score (nSPS) is 20.3. The van der Waals surface area contributed by atoms with Gasteiger partial charge >= 0.3 is 6.03 Å². The van der Waals surface area contributed by atoms with Crippen molar-refractivity contribution < 1.29 is 18.7 Å². The number of aromatic nitrogens is 4. The van der Waals surface area contributed by atoms with E-state index >= 15 is 4.39 Å². The molecule has 3 N–H and O–H groups in total. The molecule has 1 saturated heterocycles. The molecule has 2 amide bonds. The van der Waals surface area contributed by atoms with E-state index in [4.69, 9.17) is 15.2 Å². The molecule has 0 bridgehead atoms. The summed E-state index contributed by atoms with van der Waals surface area (Å²) in [5.41, 5.74) is 5.99. The molecule has 0 aromatic carbocycles. The summed E-state index contributed by atoms with van der Waals surface area (Å²) in [6.45, 7) is 6.06. The van der Waals surface area contributed by atoms with Crippen molar-refractivity contribution in [1.29, 1.82) is 0 Å². The van der Waals surface area contributed by atoms with Gasteiger partial charge in [0.1, 0.15) is 11.8 Å². The van der Waals surface area contributed by atoms with Crippen molar-refractivity contribution in [2.75, 3.05) is 44.0 Å². The molecule has 2 fully saturated rings. The Morgan fingerprint density at radius 1 is 1.27 bits per heavy atom. The zero-order chi connectivity index (χ0) is 23.5. The summed E-state index contributed by atoms with van der Waals surface area (Å²) in [6, 6.07) is -0.0687. The van der Waals surface area contributed by atoms with Crippen LogP contribution in [0.1, 0.15) is 26.7 Å². The number of nitrogens with zero attached hydrogens (tertiary/aromatic N) is 6. The average molecular weight is 461 g/mol. The summed E-state index contributed by atoms with van der Waals surface area (Å²) in [5, 5.41) is 2.87. The van der Waals surface area contributed by atoms with Crippen LogP contribution in [-0.2, 0) is 4.74 Å². The molecule has 2 aliphatic rings. The van der Waals surface area contributed by atoms with Gasteiger partial charge < -0.3 is 30.3 Å². The summed E-state index contributed by atoms with van der Waals surface area (Å²) in [6.07, 6.45) is 3.74. The highest BCUT2D eigenvalue weighted by molar-refractivity contribution is 5.74. The lowest BCUT2D eigenvalue weighted by Gasteiger charge is -2.40. The number of carbonyl (C=O) groups excluding carboxylic acids is 1. The predicted molar refractivity (Wildman–Crippen MR) is 119 cm³/mol. The molecule has 0 spiro atoms. The Morgan fingerprint density at radius 2 is 1.94 bits per heavy atom. The van der Waals surface area contributed by atoms with Gasteiger partial charge in [0.2, 0.25) is 17.7 Å². The smallest absolute Gasteiger partial charge is 0.317 e. The third kappa shape index (κ3) is 5.21. The zero-order valence-electron chi connectivity index (χ0n) is 19.0. The summed E-state index contributed by atoms with van der Waals surface area (Å²) in [5.74, 6) is -0.374. The maximum absolute atomic E-state index is 15.4. The van der Waals surface area contributed by atoms with Crippen LogP contribution in [0, 0.1) is 5.82 Å². The highest BCUT2D eigenvalue weighted by Gasteiger charge is 2.37. The van der Waals surface area contributed by atoms with Gasteiger partial charge in [0.25, 0.3) is 5.88 Å². The number of halogens is 1. The maximum atomic E-state index is 15.4. The highest BCUT2D eigenvalue weighted by Crippen LogP contribution is 2.33. The molecule has 4 rings (SSSR count). The second-order valence-corrected chi connectivity index (χ2v) is 8.50. The molecule has 12 heteroatoms. The lowest BCUT2D eigenvalue weighted by Crippen LogP contribution is -2.53. The molecular weight excluding hydrogens is 431 g/mol. The molecule has 0 atom stereocenters. The molecule has 1 aliphatic heterocycles. The van der Waals surface area contributed by atoms with Gasteiger partial charge in [-0.05, 0) is 13.8 Å². The van der Waals surface area contributed by atoms with Gasteiger partial charge in [-0.2, -0.15) is 9.37 Å². The lowest BCUT2D eigenvalue weighted by molar-refractivity contribution is 0.0374. The lowest BCUT2D eigenvalue weighted by atomic mass is 9.88.